The zero-order valence-electron chi connectivity index (χ0n) is 11.3. The molecular weight excluding hydrogens is 260 g/mol. The first-order valence-electron chi connectivity index (χ1n) is 6.47. The number of hydrogen-bond acceptors (Lipinski definition) is 2. The molecule has 2 nitrogen and oxygen atoms in total. The standard InChI is InChI=1S/C13H17.2CH3O.Ti/c1-3-7-12-10(5-1)9-11-6-2-4-8-13(11)12;2*1-2;/h1,3,5,7,9-13H,2,4,6,8H2;2*1H3;/q3*-1;+3. The third kappa shape index (κ3) is 4.06. The Bertz CT molecular complexity index is 263. The van der Waals surface area contributed by atoms with Crippen molar-refractivity contribution in [2.75, 3.05) is 14.2 Å². The summed E-state index contributed by atoms with van der Waals surface area (Å²) in [5.74, 6) is 3.56. The minimum absolute atomic E-state index is 0. The van der Waals surface area contributed by atoms with Crippen LogP contribution in [-0.4, -0.2) is 14.2 Å². The minimum atomic E-state index is 0. The van der Waals surface area contributed by atoms with Crippen molar-refractivity contribution < 1.29 is 31.9 Å². The van der Waals surface area contributed by atoms with E-state index in [0.717, 1.165) is 37.9 Å². The fourth-order valence-corrected chi connectivity index (χ4v) is 3.45. The summed E-state index contributed by atoms with van der Waals surface area (Å²) in [5, 5.41) is 16.5. The first-order valence-corrected chi connectivity index (χ1v) is 6.47. The summed E-state index contributed by atoms with van der Waals surface area (Å²) in [6, 6.07) is 0. The Balaban J connectivity index is 0.000000531. The molecule has 0 bridgehead atoms. The van der Waals surface area contributed by atoms with E-state index in [2.05, 4.69) is 30.7 Å². The molecule has 3 aliphatic carbocycles. The Morgan fingerprint density at radius 2 is 1.56 bits per heavy atom. The van der Waals surface area contributed by atoms with Gasteiger partial charge in [0.2, 0.25) is 0 Å². The van der Waals surface area contributed by atoms with Crippen molar-refractivity contribution >= 4 is 0 Å². The Labute approximate surface area is 126 Å². The van der Waals surface area contributed by atoms with Crippen LogP contribution in [-0.2, 0) is 21.7 Å². The van der Waals surface area contributed by atoms with E-state index in [1.54, 1.807) is 0 Å². The largest absolute Gasteiger partial charge is 3.00 e. The minimum Gasteiger partial charge on any atom is -0.857 e. The van der Waals surface area contributed by atoms with E-state index in [1.165, 1.54) is 25.7 Å². The Morgan fingerprint density at radius 3 is 2.28 bits per heavy atom. The molecule has 0 aromatic rings. The molecule has 0 aromatic heterocycles. The zero-order valence-corrected chi connectivity index (χ0v) is 12.9. The first kappa shape index (κ1) is 18.1. The summed E-state index contributed by atoms with van der Waals surface area (Å²) in [4.78, 5) is 0. The van der Waals surface area contributed by atoms with Crippen molar-refractivity contribution in [2.24, 2.45) is 23.7 Å². The summed E-state index contributed by atoms with van der Waals surface area (Å²) in [7, 11) is 1.50. The van der Waals surface area contributed by atoms with Crippen LogP contribution in [0.5, 0.6) is 0 Å². The summed E-state index contributed by atoms with van der Waals surface area (Å²) in [5.41, 5.74) is 0. The Morgan fingerprint density at radius 1 is 0.944 bits per heavy atom. The van der Waals surface area contributed by atoms with Crippen LogP contribution in [0.3, 0.4) is 0 Å². The molecule has 0 amide bonds. The molecule has 2 saturated carbocycles. The molecule has 18 heavy (non-hydrogen) atoms. The predicted molar refractivity (Wildman–Crippen MR) is 66.9 cm³/mol. The molecule has 0 spiro atoms. The molecule has 4 unspecified atom stereocenters. The van der Waals surface area contributed by atoms with Crippen molar-refractivity contribution in [1.29, 1.82) is 0 Å². The molecule has 3 rings (SSSR count). The number of allylic oxidation sites excluding steroid dienone is 4. The van der Waals surface area contributed by atoms with Gasteiger partial charge in [0.1, 0.15) is 0 Å². The molecule has 4 atom stereocenters. The van der Waals surface area contributed by atoms with Gasteiger partial charge in [-0.2, -0.15) is 20.1 Å². The fraction of sp³-hybridized carbons (Fsp3) is 0.667. The van der Waals surface area contributed by atoms with Gasteiger partial charge in [0, 0.05) is 0 Å². The molecule has 99 valence electrons. The number of hydrogen-bond donors (Lipinski definition) is 0. The molecule has 3 heteroatoms. The molecule has 0 heterocycles. The average Bonchev–Trinajstić information content (AvgIpc) is 2.82. The van der Waals surface area contributed by atoms with Crippen LogP contribution in [0.2, 0.25) is 0 Å². The van der Waals surface area contributed by atoms with Gasteiger partial charge < -0.3 is 16.6 Å². The Hall–Kier alpha value is 0.114. The predicted octanol–water partition coefficient (Wildman–Crippen LogP) is 1.32. The van der Waals surface area contributed by atoms with Crippen molar-refractivity contribution in [2.45, 2.75) is 25.7 Å². The normalized spacial score (nSPS) is 34.9. The van der Waals surface area contributed by atoms with E-state index in [1.807, 2.05) is 0 Å². The van der Waals surface area contributed by atoms with Gasteiger partial charge in [-0.15, -0.1) is 12.0 Å². The maximum absolute atomic E-state index is 8.25. The first-order chi connectivity index (χ1) is 8.45. The van der Waals surface area contributed by atoms with Crippen LogP contribution in [0.4, 0.5) is 0 Å². The molecule has 0 aromatic carbocycles. The van der Waals surface area contributed by atoms with E-state index in [-0.39, 0.29) is 21.7 Å². The second-order valence-electron chi connectivity index (χ2n) is 4.73. The average molecular weight is 283 g/mol. The van der Waals surface area contributed by atoms with Crippen LogP contribution in [0, 0.1) is 30.1 Å². The van der Waals surface area contributed by atoms with Gasteiger partial charge in [-0.1, -0.05) is 49.8 Å². The van der Waals surface area contributed by atoms with Gasteiger partial charge >= 0.3 is 21.7 Å². The van der Waals surface area contributed by atoms with Gasteiger partial charge in [-0.05, 0) is 5.92 Å². The summed E-state index contributed by atoms with van der Waals surface area (Å²) in [6.45, 7) is 0. The quantitative estimate of drug-likeness (QED) is 0.497. The van der Waals surface area contributed by atoms with E-state index in [0.29, 0.717) is 0 Å². The summed E-state index contributed by atoms with van der Waals surface area (Å²) >= 11 is 0. The van der Waals surface area contributed by atoms with Crippen molar-refractivity contribution in [3.05, 3.63) is 30.7 Å². The van der Waals surface area contributed by atoms with Crippen LogP contribution >= 0.6 is 0 Å². The van der Waals surface area contributed by atoms with Crippen LogP contribution in [0.25, 0.3) is 0 Å². The van der Waals surface area contributed by atoms with Crippen molar-refractivity contribution in [3.63, 3.8) is 0 Å². The van der Waals surface area contributed by atoms with Gasteiger partial charge in [0.15, 0.2) is 0 Å². The fourth-order valence-electron chi connectivity index (χ4n) is 3.45. The van der Waals surface area contributed by atoms with E-state index < -0.39 is 0 Å². The molecule has 0 aliphatic heterocycles. The SMILES string of the molecule is C1=CC2[CH-]C3CCCCC3C2C=C1.C[O-].C[O-].[Ti+3]. The molecule has 3 aliphatic rings. The van der Waals surface area contributed by atoms with E-state index >= 15 is 0 Å². The van der Waals surface area contributed by atoms with Crippen molar-refractivity contribution in [1.82, 2.24) is 0 Å². The molecule has 2 fully saturated rings. The van der Waals surface area contributed by atoms with Gasteiger partial charge in [0.25, 0.3) is 0 Å². The second kappa shape index (κ2) is 9.97. The van der Waals surface area contributed by atoms with E-state index in [4.69, 9.17) is 10.2 Å². The third-order valence-electron chi connectivity index (χ3n) is 4.06. The van der Waals surface area contributed by atoms with Crippen LogP contribution in [0.1, 0.15) is 25.7 Å². The Kier molecular flexibility index (Phi) is 10.0. The summed E-state index contributed by atoms with van der Waals surface area (Å²) in [6.07, 6.45) is 17.8. The molecule has 1 radical (unpaired) electrons. The van der Waals surface area contributed by atoms with E-state index in [9.17, 15) is 0 Å². The van der Waals surface area contributed by atoms with Gasteiger partial charge in [-0.25, -0.2) is 0 Å². The maximum atomic E-state index is 8.25. The number of fused-ring (bicyclic) bond motifs is 3. The van der Waals surface area contributed by atoms with Gasteiger partial charge in [-0.3, -0.25) is 0 Å². The van der Waals surface area contributed by atoms with Crippen molar-refractivity contribution in [3.8, 4) is 0 Å². The number of rotatable bonds is 0. The monoisotopic (exact) mass is 283 g/mol. The van der Waals surface area contributed by atoms with Crippen LogP contribution < -0.4 is 10.2 Å². The second-order valence-corrected chi connectivity index (χ2v) is 4.73. The zero-order chi connectivity index (χ0) is 12.7. The molecule has 0 N–H and O–H groups in total. The summed E-state index contributed by atoms with van der Waals surface area (Å²) < 4.78 is 0. The molecule has 0 saturated heterocycles. The smallest absolute Gasteiger partial charge is 0.857 e. The third-order valence-corrected chi connectivity index (χ3v) is 4.06. The van der Waals surface area contributed by atoms with Crippen LogP contribution in [0.15, 0.2) is 24.3 Å². The molecular formula is C15H23O2Ti. The van der Waals surface area contributed by atoms with Gasteiger partial charge in [0.05, 0.1) is 0 Å². The topological polar surface area (TPSA) is 46.1 Å². The maximum Gasteiger partial charge on any atom is 3.00 e.